The van der Waals surface area contributed by atoms with E-state index in [1.165, 1.54) is 11.1 Å². The number of ether oxygens (including phenoxy) is 1. The van der Waals surface area contributed by atoms with E-state index in [2.05, 4.69) is 35.8 Å². The highest BCUT2D eigenvalue weighted by molar-refractivity contribution is 6.32. The third kappa shape index (κ3) is 4.32. The number of carbonyl (C=O) groups is 1. The molecule has 0 unspecified atom stereocenters. The molecule has 0 spiro atoms. The summed E-state index contributed by atoms with van der Waals surface area (Å²) in [7, 11) is 2.03. The number of imidazole rings is 1. The highest BCUT2D eigenvalue weighted by Gasteiger charge is 2.26. The van der Waals surface area contributed by atoms with E-state index in [1.807, 2.05) is 19.2 Å². The van der Waals surface area contributed by atoms with Gasteiger partial charge in [0.25, 0.3) is 0 Å². The zero-order valence-corrected chi connectivity index (χ0v) is 18.0. The summed E-state index contributed by atoms with van der Waals surface area (Å²) in [5, 5.41) is 0.608. The molecular formula is C24H27ClN2O2. The lowest BCUT2D eigenvalue weighted by Crippen LogP contribution is -2.27. The van der Waals surface area contributed by atoms with Crippen LogP contribution in [0.5, 0.6) is 5.75 Å². The predicted octanol–water partition coefficient (Wildman–Crippen LogP) is 5.65. The minimum Gasteiger partial charge on any atom is -0.489 e. The van der Waals surface area contributed by atoms with Gasteiger partial charge in [-0.15, -0.1) is 0 Å². The van der Waals surface area contributed by atoms with E-state index in [1.54, 1.807) is 6.92 Å². The van der Waals surface area contributed by atoms with Gasteiger partial charge >= 0.3 is 0 Å². The van der Waals surface area contributed by atoms with Gasteiger partial charge < -0.3 is 9.30 Å². The van der Waals surface area contributed by atoms with Crippen LogP contribution in [0.2, 0.25) is 5.02 Å². The number of Topliss-reactive ketones (excluding diaryl/α,β-unsaturated/α-hetero) is 1. The highest BCUT2D eigenvalue weighted by atomic mass is 35.5. The van der Waals surface area contributed by atoms with E-state index >= 15 is 0 Å². The second-order valence-electron chi connectivity index (χ2n) is 8.23. The van der Waals surface area contributed by atoms with Crippen molar-refractivity contribution in [1.82, 2.24) is 9.55 Å². The average molecular weight is 411 g/mol. The molecule has 0 aliphatic heterocycles. The molecule has 0 saturated heterocycles. The molecule has 0 amide bonds. The van der Waals surface area contributed by atoms with Crippen molar-refractivity contribution in [2.45, 2.75) is 52.1 Å². The van der Waals surface area contributed by atoms with Crippen molar-refractivity contribution in [3.05, 3.63) is 58.4 Å². The Morgan fingerprint density at radius 3 is 2.66 bits per heavy atom. The molecule has 152 valence electrons. The standard InChI is InChI=1S/C24H27ClN2O2/c1-15-5-4-6-17(11-15)12-24-26-21-14-23(20(25)13-22(21)27(24)3)29-19-9-7-18(8-10-19)16(2)28/h4-6,11,13-14,18-19H,7-10,12H2,1-3H3/t18-,19+. The van der Waals surface area contributed by atoms with Gasteiger partial charge in [0, 0.05) is 25.5 Å². The minimum absolute atomic E-state index is 0.107. The van der Waals surface area contributed by atoms with Gasteiger partial charge in [-0.05, 0) is 51.2 Å². The van der Waals surface area contributed by atoms with E-state index in [-0.39, 0.29) is 17.8 Å². The fourth-order valence-electron chi connectivity index (χ4n) is 4.26. The summed E-state index contributed by atoms with van der Waals surface area (Å²) in [5.41, 5.74) is 4.39. The number of aromatic nitrogens is 2. The normalized spacial score (nSPS) is 19.4. The van der Waals surface area contributed by atoms with Gasteiger partial charge in [0.15, 0.2) is 0 Å². The van der Waals surface area contributed by atoms with Crippen LogP contribution in [0.4, 0.5) is 0 Å². The lowest BCUT2D eigenvalue weighted by atomic mass is 9.85. The largest absolute Gasteiger partial charge is 0.489 e. The second kappa shape index (κ2) is 8.19. The third-order valence-corrected chi connectivity index (χ3v) is 6.31. The van der Waals surface area contributed by atoms with Gasteiger partial charge in [-0.1, -0.05) is 41.4 Å². The first-order chi connectivity index (χ1) is 13.9. The number of hydrogen-bond acceptors (Lipinski definition) is 3. The summed E-state index contributed by atoms with van der Waals surface area (Å²) >= 11 is 6.54. The summed E-state index contributed by atoms with van der Waals surface area (Å²) in [4.78, 5) is 16.4. The molecule has 5 heteroatoms. The minimum atomic E-state index is 0.107. The lowest BCUT2D eigenvalue weighted by Gasteiger charge is -2.27. The molecule has 1 aromatic heterocycles. The molecule has 29 heavy (non-hydrogen) atoms. The molecule has 1 fully saturated rings. The smallest absolute Gasteiger partial charge is 0.140 e. The summed E-state index contributed by atoms with van der Waals surface area (Å²) in [6.45, 7) is 3.79. The van der Waals surface area contributed by atoms with E-state index in [4.69, 9.17) is 21.3 Å². The van der Waals surface area contributed by atoms with Crippen LogP contribution >= 0.6 is 11.6 Å². The Balaban J connectivity index is 1.54. The summed E-state index contributed by atoms with van der Waals surface area (Å²) in [6.07, 6.45) is 4.44. The maximum absolute atomic E-state index is 11.6. The molecule has 4 rings (SSSR count). The maximum Gasteiger partial charge on any atom is 0.140 e. The Kier molecular flexibility index (Phi) is 5.64. The molecule has 4 nitrogen and oxygen atoms in total. The van der Waals surface area contributed by atoms with E-state index in [0.717, 1.165) is 49.0 Å². The average Bonchev–Trinajstić information content (AvgIpc) is 2.97. The van der Waals surface area contributed by atoms with E-state index < -0.39 is 0 Å². The van der Waals surface area contributed by atoms with Crippen molar-refractivity contribution in [1.29, 1.82) is 0 Å². The van der Waals surface area contributed by atoms with Crippen molar-refractivity contribution in [2.24, 2.45) is 13.0 Å². The molecular weight excluding hydrogens is 384 g/mol. The van der Waals surface area contributed by atoms with Crippen LogP contribution in [0.15, 0.2) is 36.4 Å². The number of hydrogen-bond donors (Lipinski definition) is 0. The number of halogens is 1. The monoisotopic (exact) mass is 410 g/mol. The molecule has 1 aliphatic rings. The summed E-state index contributed by atoms with van der Waals surface area (Å²) in [5.74, 6) is 2.16. The Morgan fingerprint density at radius 2 is 1.97 bits per heavy atom. The van der Waals surface area contributed by atoms with Crippen LogP contribution in [0.1, 0.15) is 49.6 Å². The maximum atomic E-state index is 11.6. The van der Waals surface area contributed by atoms with Crippen molar-refractivity contribution in [3.8, 4) is 5.75 Å². The molecule has 1 aliphatic carbocycles. The van der Waals surface area contributed by atoms with Crippen molar-refractivity contribution in [2.75, 3.05) is 0 Å². The van der Waals surface area contributed by atoms with E-state index in [0.29, 0.717) is 10.8 Å². The number of nitrogens with zero attached hydrogens (tertiary/aromatic N) is 2. The Labute approximate surface area is 176 Å². The van der Waals surface area contributed by atoms with Crippen LogP contribution in [0.3, 0.4) is 0 Å². The van der Waals surface area contributed by atoms with Crippen LogP contribution in [0, 0.1) is 12.8 Å². The SMILES string of the molecule is Cc1cccc(Cc2nc3cc(O[C@H]4CC[C@@H](C(C)=O)CC4)c(Cl)cc3n2C)c1. The molecule has 0 atom stereocenters. The van der Waals surface area contributed by atoms with Gasteiger partial charge in [0.05, 0.1) is 22.2 Å². The third-order valence-electron chi connectivity index (χ3n) is 6.01. The fourth-order valence-corrected chi connectivity index (χ4v) is 4.47. The number of carbonyl (C=O) groups excluding carboxylic acids is 1. The number of fused-ring (bicyclic) bond motifs is 1. The Bertz CT molecular complexity index is 1050. The van der Waals surface area contributed by atoms with Crippen LogP contribution in [-0.4, -0.2) is 21.4 Å². The lowest BCUT2D eigenvalue weighted by molar-refractivity contribution is -0.122. The number of aryl methyl sites for hydroxylation is 2. The Morgan fingerprint density at radius 1 is 1.21 bits per heavy atom. The molecule has 0 radical (unpaired) electrons. The van der Waals surface area contributed by atoms with E-state index in [9.17, 15) is 4.79 Å². The first kappa shape index (κ1) is 20.0. The fraction of sp³-hybridized carbons (Fsp3) is 0.417. The first-order valence-electron chi connectivity index (χ1n) is 10.3. The molecule has 0 N–H and O–H groups in total. The molecule has 1 saturated carbocycles. The van der Waals surface area contributed by atoms with Gasteiger partial charge in [-0.3, -0.25) is 4.79 Å². The molecule has 3 aromatic rings. The van der Waals surface area contributed by atoms with Gasteiger partial charge in [-0.25, -0.2) is 4.98 Å². The number of ketones is 1. The number of rotatable bonds is 5. The van der Waals surface area contributed by atoms with Gasteiger partial charge in [-0.2, -0.15) is 0 Å². The van der Waals surface area contributed by atoms with Crippen LogP contribution < -0.4 is 4.74 Å². The van der Waals surface area contributed by atoms with Crippen LogP contribution in [-0.2, 0) is 18.3 Å². The molecule has 1 heterocycles. The van der Waals surface area contributed by atoms with Crippen molar-refractivity contribution < 1.29 is 9.53 Å². The molecule has 2 aromatic carbocycles. The van der Waals surface area contributed by atoms with Gasteiger partial charge in [0.1, 0.15) is 17.4 Å². The quantitative estimate of drug-likeness (QED) is 0.545. The number of benzene rings is 2. The predicted molar refractivity (Wildman–Crippen MR) is 117 cm³/mol. The van der Waals surface area contributed by atoms with Crippen molar-refractivity contribution in [3.63, 3.8) is 0 Å². The zero-order valence-electron chi connectivity index (χ0n) is 17.2. The first-order valence-corrected chi connectivity index (χ1v) is 10.7. The topological polar surface area (TPSA) is 44.1 Å². The second-order valence-corrected chi connectivity index (χ2v) is 8.63. The van der Waals surface area contributed by atoms with Crippen LogP contribution in [0.25, 0.3) is 11.0 Å². The summed E-state index contributed by atoms with van der Waals surface area (Å²) in [6, 6.07) is 12.4. The van der Waals surface area contributed by atoms with Crippen molar-refractivity contribution >= 4 is 28.4 Å². The zero-order chi connectivity index (χ0) is 20.5. The Hall–Kier alpha value is -2.33. The molecule has 0 bridgehead atoms. The highest BCUT2D eigenvalue weighted by Crippen LogP contribution is 2.34. The summed E-state index contributed by atoms with van der Waals surface area (Å²) < 4.78 is 8.32. The van der Waals surface area contributed by atoms with Gasteiger partial charge in [0.2, 0.25) is 0 Å².